The maximum Gasteiger partial charge on any atom is 0.433 e. The number of alkyl halides is 3. The summed E-state index contributed by atoms with van der Waals surface area (Å²) in [6, 6.07) is 5.01. The fourth-order valence-corrected chi connectivity index (χ4v) is 4.28. The Kier molecular flexibility index (Phi) is 6.95. The first kappa shape index (κ1) is 24.5. The molecule has 3 aromatic heterocycles. The summed E-state index contributed by atoms with van der Waals surface area (Å²) < 4.78 is 40.9. The molecule has 1 aliphatic heterocycles. The Hall–Kier alpha value is -3.63. The van der Waals surface area contributed by atoms with Gasteiger partial charge < -0.3 is 19.7 Å². The van der Waals surface area contributed by atoms with Gasteiger partial charge in [0.05, 0.1) is 23.5 Å². The van der Waals surface area contributed by atoms with Crippen LogP contribution >= 0.6 is 0 Å². The number of aliphatic carboxylic acids is 1. The molecule has 186 valence electrons. The number of imidazole rings is 1. The van der Waals surface area contributed by atoms with Crippen molar-refractivity contribution in [2.24, 2.45) is 5.92 Å². The average Bonchev–Trinajstić information content (AvgIpc) is 3.23. The molecule has 1 aliphatic rings. The molecule has 0 saturated carbocycles. The normalized spacial score (nSPS) is 14.9. The molecule has 2 N–H and O–H groups in total. The second-order valence-corrected chi connectivity index (χ2v) is 8.66. The number of aryl methyl sites for hydroxylation is 1. The SMILES string of the molecule is CCC1CCN(c2cc3nc(CCC(=O)O)cn3cc2NC(=O)c2cccc(C(F)(F)F)n2)CC1. The number of carbonyl (C=O) groups is 2. The van der Waals surface area contributed by atoms with Gasteiger partial charge >= 0.3 is 12.1 Å². The number of hydrogen-bond donors (Lipinski definition) is 2. The Morgan fingerprint density at radius 3 is 2.57 bits per heavy atom. The number of aromatic nitrogens is 3. The van der Waals surface area contributed by atoms with Crippen molar-refractivity contribution >= 4 is 28.9 Å². The quantitative estimate of drug-likeness (QED) is 0.502. The summed E-state index contributed by atoms with van der Waals surface area (Å²) in [6.07, 6.45) is 1.93. The Labute approximate surface area is 199 Å². The van der Waals surface area contributed by atoms with E-state index < -0.39 is 23.7 Å². The van der Waals surface area contributed by atoms with E-state index in [9.17, 15) is 22.8 Å². The summed E-state index contributed by atoms with van der Waals surface area (Å²) in [5.74, 6) is -1.06. The molecule has 0 radical (unpaired) electrons. The van der Waals surface area contributed by atoms with Crippen LogP contribution in [0.5, 0.6) is 0 Å². The van der Waals surface area contributed by atoms with E-state index in [0.29, 0.717) is 28.6 Å². The number of halogens is 3. The molecule has 0 aromatic carbocycles. The van der Waals surface area contributed by atoms with Gasteiger partial charge in [0, 0.05) is 38.0 Å². The van der Waals surface area contributed by atoms with Gasteiger partial charge in [0.15, 0.2) is 0 Å². The molecule has 11 heteroatoms. The lowest BCUT2D eigenvalue weighted by Gasteiger charge is -2.34. The van der Waals surface area contributed by atoms with Crippen molar-refractivity contribution in [1.82, 2.24) is 14.4 Å². The Morgan fingerprint density at radius 2 is 1.91 bits per heavy atom. The van der Waals surface area contributed by atoms with Gasteiger partial charge in [-0.3, -0.25) is 9.59 Å². The van der Waals surface area contributed by atoms with Crippen molar-refractivity contribution in [1.29, 1.82) is 0 Å². The number of hydrogen-bond acceptors (Lipinski definition) is 5. The molecule has 1 fully saturated rings. The third kappa shape index (κ3) is 5.72. The first-order chi connectivity index (χ1) is 16.6. The zero-order chi connectivity index (χ0) is 25.2. The molecular formula is C24H26F3N5O3. The average molecular weight is 489 g/mol. The van der Waals surface area contributed by atoms with Crippen LogP contribution in [0.25, 0.3) is 5.65 Å². The van der Waals surface area contributed by atoms with Crippen LogP contribution in [0.15, 0.2) is 36.7 Å². The highest BCUT2D eigenvalue weighted by molar-refractivity contribution is 6.04. The van der Waals surface area contributed by atoms with E-state index in [2.05, 4.69) is 27.1 Å². The summed E-state index contributed by atoms with van der Waals surface area (Å²) in [7, 11) is 0. The minimum atomic E-state index is -4.66. The lowest BCUT2D eigenvalue weighted by Crippen LogP contribution is -2.34. The number of nitrogens with zero attached hydrogens (tertiary/aromatic N) is 4. The van der Waals surface area contributed by atoms with E-state index >= 15 is 0 Å². The Morgan fingerprint density at radius 1 is 1.17 bits per heavy atom. The van der Waals surface area contributed by atoms with Gasteiger partial charge in [0.2, 0.25) is 0 Å². The third-order valence-electron chi connectivity index (χ3n) is 6.27. The molecule has 4 rings (SSSR count). The summed E-state index contributed by atoms with van der Waals surface area (Å²) in [5.41, 5.74) is 0.823. The lowest BCUT2D eigenvalue weighted by atomic mass is 9.94. The second kappa shape index (κ2) is 9.93. The number of carboxylic acid groups (broad SMARTS) is 1. The summed E-state index contributed by atoms with van der Waals surface area (Å²) >= 11 is 0. The van der Waals surface area contributed by atoms with Crippen LogP contribution in [0.3, 0.4) is 0 Å². The largest absolute Gasteiger partial charge is 0.481 e. The summed E-state index contributed by atoms with van der Waals surface area (Å²) in [6.45, 7) is 3.70. The molecule has 0 spiro atoms. The van der Waals surface area contributed by atoms with Gasteiger partial charge in [0.25, 0.3) is 5.91 Å². The van der Waals surface area contributed by atoms with E-state index in [1.165, 1.54) is 6.07 Å². The number of carboxylic acids is 1. The monoisotopic (exact) mass is 489 g/mol. The maximum atomic E-state index is 13.1. The molecule has 3 aromatic rings. The number of carbonyl (C=O) groups excluding carboxylic acids is 1. The van der Waals surface area contributed by atoms with Crippen molar-refractivity contribution < 1.29 is 27.9 Å². The zero-order valence-corrected chi connectivity index (χ0v) is 19.2. The first-order valence-corrected chi connectivity index (χ1v) is 11.5. The van der Waals surface area contributed by atoms with Crippen LogP contribution in [-0.2, 0) is 17.4 Å². The molecule has 35 heavy (non-hydrogen) atoms. The predicted octanol–water partition coefficient (Wildman–Crippen LogP) is 4.64. The van der Waals surface area contributed by atoms with Crippen molar-refractivity contribution in [3.8, 4) is 0 Å². The number of piperidine rings is 1. The van der Waals surface area contributed by atoms with Crippen LogP contribution in [0.2, 0.25) is 0 Å². The second-order valence-electron chi connectivity index (χ2n) is 8.66. The predicted molar refractivity (Wildman–Crippen MR) is 124 cm³/mol. The highest BCUT2D eigenvalue weighted by atomic mass is 19.4. The number of pyridine rings is 2. The fraction of sp³-hybridized carbons (Fsp3) is 0.417. The molecule has 4 heterocycles. The summed E-state index contributed by atoms with van der Waals surface area (Å²) in [4.78, 5) is 34.0. The number of fused-ring (bicyclic) bond motifs is 1. The van der Waals surface area contributed by atoms with Crippen molar-refractivity contribution in [3.05, 3.63) is 53.7 Å². The maximum absolute atomic E-state index is 13.1. The smallest absolute Gasteiger partial charge is 0.433 e. The van der Waals surface area contributed by atoms with Crippen molar-refractivity contribution in [3.63, 3.8) is 0 Å². The van der Waals surface area contributed by atoms with Gasteiger partial charge in [-0.1, -0.05) is 19.4 Å². The van der Waals surface area contributed by atoms with Gasteiger partial charge in [-0.05, 0) is 30.9 Å². The standard InChI is InChI=1S/C24H26F3N5O3/c1-2-15-8-10-31(11-9-15)19-12-21-28-16(6-7-22(33)34)13-32(21)14-18(19)30-23(35)17-4-3-5-20(29-17)24(25,26)27/h3-5,12-15H,2,6-11H2,1H3,(H,30,35)(H,33,34). The number of amides is 1. The van der Waals surface area contributed by atoms with Crippen molar-refractivity contribution in [2.45, 2.75) is 45.2 Å². The highest BCUT2D eigenvalue weighted by Gasteiger charge is 2.33. The van der Waals surface area contributed by atoms with Gasteiger partial charge in [-0.2, -0.15) is 13.2 Å². The molecule has 1 amide bonds. The number of anilines is 2. The Bertz CT molecular complexity index is 1230. The van der Waals surface area contributed by atoms with Crippen LogP contribution in [-0.4, -0.2) is 44.4 Å². The number of nitrogens with one attached hydrogen (secondary N) is 1. The molecule has 1 saturated heterocycles. The Balaban J connectivity index is 1.67. The molecule has 8 nitrogen and oxygen atoms in total. The summed E-state index contributed by atoms with van der Waals surface area (Å²) in [5, 5.41) is 11.7. The molecule has 0 aliphatic carbocycles. The molecule has 0 atom stereocenters. The van der Waals surface area contributed by atoms with Crippen LogP contribution in [0.4, 0.5) is 24.5 Å². The van der Waals surface area contributed by atoms with E-state index in [1.54, 1.807) is 16.8 Å². The van der Waals surface area contributed by atoms with E-state index in [0.717, 1.165) is 44.5 Å². The van der Waals surface area contributed by atoms with E-state index in [-0.39, 0.29) is 18.5 Å². The van der Waals surface area contributed by atoms with Crippen LogP contribution in [0, 0.1) is 5.92 Å². The zero-order valence-electron chi connectivity index (χ0n) is 19.2. The molecular weight excluding hydrogens is 463 g/mol. The minimum absolute atomic E-state index is 0.0634. The molecule has 0 bridgehead atoms. The van der Waals surface area contributed by atoms with E-state index in [1.807, 2.05) is 6.07 Å². The van der Waals surface area contributed by atoms with Crippen molar-refractivity contribution in [2.75, 3.05) is 23.3 Å². The number of rotatable bonds is 7. The van der Waals surface area contributed by atoms with E-state index in [4.69, 9.17) is 5.11 Å². The topological polar surface area (TPSA) is 99.8 Å². The molecule has 0 unspecified atom stereocenters. The highest BCUT2D eigenvalue weighted by Crippen LogP contribution is 2.33. The lowest BCUT2D eigenvalue weighted by molar-refractivity contribution is -0.141. The third-order valence-corrected chi connectivity index (χ3v) is 6.27. The first-order valence-electron chi connectivity index (χ1n) is 11.5. The van der Waals surface area contributed by atoms with Gasteiger partial charge in [-0.25, -0.2) is 9.97 Å². The fourth-order valence-electron chi connectivity index (χ4n) is 4.28. The van der Waals surface area contributed by atoms with Gasteiger partial charge in [-0.15, -0.1) is 0 Å². The minimum Gasteiger partial charge on any atom is -0.481 e. The van der Waals surface area contributed by atoms with Gasteiger partial charge in [0.1, 0.15) is 17.0 Å². The van der Waals surface area contributed by atoms with Crippen LogP contribution < -0.4 is 10.2 Å². The van der Waals surface area contributed by atoms with Crippen LogP contribution in [0.1, 0.15) is 54.5 Å².